The van der Waals surface area contributed by atoms with Crippen molar-refractivity contribution in [1.29, 1.82) is 0 Å². The average Bonchev–Trinajstić information content (AvgIpc) is 3.14. The standard InChI is InChI=1S/C24H37N3O5S/c1-16-8-9-17(2)20(12-16)23(28)27-14-21(31-7)22(15-27)32-24(4)13-19(11-10-18(24)3)25-33(29,30)26(5)6/h8-9,11-12,18,21-22,25H,10,13-15H2,1-7H3. The number of rotatable bonds is 7. The Hall–Kier alpha value is -1.94. The second kappa shape index (κ2) is 9.74. The summed E-state index contributed by atoms with van der Waals surface area (Å²) in [6, 6.07) is 5.89. The maximum Gasteiger partial charge on any atom is 0.300 e. The molecule has 0 aromatic heterocycles. The Kier molecular flexibility index (Phi) is 7.58. The number of nitrogens with zero attached hydrogens (tertiary/aromatic N) is 2. The minimum absolute atomic E-state index is 0.0227. The lowest BCUT2D eigenvalue weighted by Crippen LogP contribution is -2.47. The number of allylic oxidation sites excluding steroid dienone is 1. The van der Waals surface area contributed by atoms with Crippen molar-refractivity contribution < 1.29 is 22.7 Å². The first-order chi connectivity index (χ1) is 15.4. The number of benzene rings is 1. The fourth-order valence-electron chi connectivity index (χ4n) is 4.42. The second-order valence-corrected chi connectivity index (χ2v) is 11.6. The molecule has 4 unspecified atom stereocenters. The summed E-state index contributed by atoms with van der Waals surface area (Å²) in [6.45, 7) is 8.91. The molecule has 1 aliphatic carbocycles. The SMILES string of the molecule is COC1CN(C(=O)c2cc(C)ccc2C)CC1OC1(C)CC(NS(=O)(=O)N(C)C)=CCC1C. The predicted octanol–water partition coefficient (Wildman–Crippen LogP) is 2.63. The van der Waals surface area contributed by atoms with Crippen molar-refractivity contribution in [2.24, 2.45) is 5.92 Å². The van der Waals surface area contributed by atoms with Gasteiger partial charge in [-0.3, -0.25) is 9.52 Å². The zero-order valence-electron chi connectivity index (χ0n) is 20.7. The molecule has 184 valence electrons. The van der Waals surface area contributed by atoms with Crippen LogP contribution >= 0.6 is 0 Å². The highest BCUT2D eigenvalue weighted by Gasteiger charge is 2.44. The van der Waals surface area contributed by atoms with Crippen molar-refractivity contribution in [2.45, 2.75) is 58.3 Å². The fraction of sp³-hybridized carbons (Fsp3) is 0.625. The first-order valence-corrected chi connectivity index (χ1v) is 12.8. The van der Waals surface area contributed by atoms with Crippen LogP contribution in [0.25, 0.3) is 0 Å². The Bertz CT molecular complexity index is 1020. The number of amides is 1. The van der Waals surface area contributed by atoms with Gasteiger partial charge in [0.15, 0.2) is 0 Å². The maximum absolute atomic E-state index is 13.3. The van der Waals surface area contributed by atoms with Crippen LogP contribution in [0.2, 0.25) is 0 Å². The van der Waals surface area contributed by atoms with Gasteiger partial charge in [0, 0.05) is 52.0 Å². The van der Waals surface area contributed by atoms with Gasteiger partial charge in [0.25, 0.3) is 5.91 Å². The molecule has 1 aromatic carbocycles. The third-order valence-corrected chi connectivity index (χ3v) is 8.37. The van der Waals surface area contributed by atoms with Crippen LogP contribution in [0, 0.1) is 19.8 Å². The van der Waals surface area contributed by atoms with Crippen molar-refractivity contribution in [3.63, 3.8) is 0 Å². The Morgan fingerprint density at radius 3 is 2.52 bits per heavy atom. The molecule has 0 bridgehead atoms. The monoisotopic (exact) mass is 479 g/mol. The van der Waals surface area contributed by atoms with E-state index >= 15 is 0 Å². The topological polar surface area (TPSA) is 88.2 Å². The summed E-state index contributed by atoms with van der Waals surface area (Å²) in [7, 11) is 1.04. The largest absolute Gasteiger partial charge is 0.377 e. The normalized spacial score (nSPS) is 28.2. The van der Waals surface area contributed by atoms with E-state index in [2.05, 4.69) is 11.6 Å². The van der Waals surface area contributed by atoms with Gasteiger partial charge in [-0.2, -0.15) is 12.7 Å². The van der Waals surface area contributed by atoms with E-state index in [-0.39, 0.29) is 24.0 Å². The Morgan fingerprint density at radius 2 is 1.88 bits per heavy atom. The van der Waals surface area contributed by atoms with Crippen LogP contribution in [-0.4, -0.2) is 75.6 Å². The summed E-state index contributed by atoms with van der Waals surface area (Å²) in [5.74, 6) is 0.150. The van der Waals surface area contributed by atoms with E-state index < -0.39 is 15.8 Å². The highest BCUT2D eigenvalue weighted by Crippen LogP contribution is 2.38. The molecule has 1 aliphatic heterocycles. The number of hydrogen-bond acceptors (Lipinski definition) is 5. The third kappa shape index (κ3) is 5.59. The molecule has 2 aliphatic rings. The molecular weight excluding hydrogens is 442 g/mol. The van der Waals surface area contributed by atoms with Crippen molar-refractivity contribution in [2.75, 3.05) is 34.3 Å². The summed E-state index contributed by atoms with van der Waals surface area (Å²) in [5, 5.41) is 0. The molecule has 1 saturated heterocycles. The molecule has 1 aromatic rings. The number of likely N-dealkylation sites (tertiary alicyclic amines) is 1. The third-order valence-electron chi connectivity index (χ3n) is 6.89. The molecule has 3 rings (SSSR count). The zero-order chi connectivity index (χ0) is 24.6. The number of carbonyl (C=O) groups excluding carboxylic acids is 1. The lowest BCUT2D eigenvalue weighted by atomic mass is 9.79. The molecule has 9 heteroatoms. The first-order valence-electron chi connectivity index (χ1n) is 11.3. The molecule has 0 radical (unpaired) electrons. The van der Waals surface area contributed by atoms with E-state index in [0.29, 0.717) is 37.2 Å². The van der Waals surface area contributed by atoms with Crippen LogP contribution in [0.4, 0.5) is 0 Å². The number of carbonyl (C=O) groups is 1. The molecular formula is C24H37N3O5S. The Labute approximate surface area is 198 Å². The molecule has 8 nitrogen and oxygen atoms in total. The smallest absolute Gasteiger partial charge is 0.300 e. The van der Waals surface area contributed by atoms with Crippen LogP contribution < -0.4 is 4.72 Å². The molecule has 1 N–H and O–H groups in total. The molecule has 0 saturated carbocycles. The van der Waals surface area contributed by atoms with Crippen LogP contribution in [0.5, 0.6) is 0 Å². The second-order valence-electron chi connectivity index (χ2n) is 9.70. The Morgan fingerprint density at radius 1 is 1.21 bits per heavy atom. The van der Waals surface area contributed by atoms with Gasteiger partial charge in [0.05, 0.1) is 5.60 Å². The van der Waals surface area contributed by atoms with Gasteiger partial charge in [0.2, 0.25) is 0 Å². The highest BCUT2D eigenvalue weighted by molar-refractivity contribution is 7.87. The number of hydrogen-bond donors (Lipinski definition) is 1. The summed E-state index contributed by atoms with van der Waals surface area (Å²) < 4.78 is 40.8. The lowest BCUT2D eigenvalue weighted by Gasteiger charge is -2.42. The van der Waals surface area contributed by atoms with Crippen molar-refractivity contribution in [3.8, 4) is 0 Å². The van der Waals surface area contributed by atoms with Gasteiger partial charge in [-0.1, -0.05) is 30.7 Å². The van der Waals surface area contributed by atoms with Gasteiger partial charge < -0.3 is 14.4 Å². The maximum atomic E-state index is 13.3. The molecule has 1 heterocycles. The van der Waals surface area contributed by atoms with Crippen molar-refractivity contribution in [3.05, 3.63) is 46.7 Å². The quantitative estimate of drug-likeness (QED) is 0.650. The number of aryl methyl sites for hydroxylation is 2. The predicted molar refractivity (Wildman–Crippen MR) is 128 cm³/mol. The van der Waals surface area contributed by atoms with Gasteiger partial charge in [-0.15, -0.1) is 0 Å². The van der Waals surface area contributed by atoms with E-state index in [1.807, 2.05) is 45.0 Å². The minimum Gasteiger partial charge on any atom is -0.377 e. The number of nitrogens with one attached hydrogen (secondary N) is 1. The highest BCUT2D eigenvalue weighted by atomic mass is 32.2. The van der Waals surface area contributed by atoms with E-state index in [1.165, 1.54) is 14.1 Å². The van der Waals surface area contributed by atoms with Crippen molar-refractivity contribution in [1.82, 2.24) is 13.9 Å². The number of methoxy groups -OCH3 is 1. The van der Waals surface area contributed by atoms with Crippen LogP contribution in [0.3, 0.4) is 0 Å². The summed E-state index contributed by atoms with van der Waals surface area (Å²) in [5.41, 5.74) is 2.71. The van der Waals surface area contributed by atoms with Crippen LogP contribution in [-0.2, 0) is 19.7 Å². The van der Waals surface area contributed by atoms with Gasteiger partial charge >= 0.3 is 10.2 Å². The number of ether oxygens (including phenoxy) is 2. The van der Waals surface area contributed by atoms with E-state index in [4.69, 9.17) is 9.47 Å². The van der Waals surface area contributed by atoms with E-state index in [9.17, 15) is 13.2 Å². The summed E-state index contributed by atoms with van der Waals surface area (Å²) >= 11 is 0. The van der Waals surface area contributed by atoms with E-state index in [1.54, 1.807) is 12.0 Å². The fourth-order valence-corrected chi connectivity index (χ4v) is 5.09. The van der Waals surface area contributed by atoms with Crippen LogP contribution in [0.15, 0.2) is 30.0 Å². The minimum atomic E-state index is -3.58. The summed E-state index contributed by atoms with van der Waals surface area (Å²) in [4.78, 5) is 15.1. The van der Waals surface area contributed by atoms with Crippen LogP contribution in [0.1, 0.15) is 48.2 Å². The lowest BCUT2D eigenvalue weighted by molar-refractivity contribution is -0.142. The van der Waals surface area contributed by atoms with Gasteiger partial charge in [-0.05, 0) is 44.7 Å². The van der Waals surface area contributed by atoms with Gasteiger partial charge in [0.1, 0.15) is 12.2 Å². The van der Waals surface area contributed by atoms with E-state index in [0.717, 1.165) is 15.4 Å². The van der Waals surface area contributed by atoms with Crippen molar-refractivity contribution >= 4 is 16.1 Å². The Balaban J connectivity index is 1.75. The molecule has 4 atom stereocenters. The van der Waals surface area contributed by atoms with Gasteiger partial charge in [-0.25, -0.2) is 0 Å². The summed E-state index contributed by atoms with van der Waals surface area (Å²) in [6.07, 6.45) is 2.49. The average molecular weight is 480 g/mol. The molecule has 0 spiro atoms. The molecule has 1 fully saturated rings. The molecule has 1 amide bonds. The zero-order valence-corrected chi connectivity index (χ0v) is 21.5. The first kappa shape index (κ1) is 25.7. The molecule has 33 heavy (non-hydrogen) atoms.